The third kappa shape index (κ3) is 5.47. The molecule has 0 aromatic heterocycles. The Morgan fingerprint density at radius 2 is 1.64 bits per heavy atom. The summed E-state index contributed by atoms with van der Waals surface area (Å²) in [4.78, 5) is -0.355. The van der Waals surface area contributed by atoms with Crippen LogP contribution in [0.4, 0.5) is 0 Å². The lowest BCUT2D eigenvalue weighted by atomic mass is 10.0. The van der Waals surface area contributed by atoms with Crippen LogP contribution in [0, 0.1) is 0 Å². The smallest absolute Gasteiger partial charge is 0.298 e. The highest BCUT2D eigenvalue weighted by molar-refractivity contribution is 7.86. The molecule has 0 atom stereocenters. The van der Waals surface area contributed by atoms with Crippen LogP contribution in [0.1, 0.15) is 44.6 Å². The van der Waals surface area contributed by atoms with Crippen LogP contribution in [-0.2, 0) is 16.5 Å². The summed E-state index contributed by atoms with van der Waals surface area (Å²) in [7, 11) is -4.54. The molecule has 0 saturated heterocycles. The largest absolute Gasteiger partial charge is 0.504 e. The van der Waals surface area contributed by atoms with Gasteiger partial charge in [0.05, 0.1) is 0 Å². The van der Waals surface area contributed by atoms with Gasteiger partial charge in [-0.25, -0.2) is 0 Å². The van der Waals surface area contributed by atoms with Crippen LogP contribution in [0.15, 0.2) is 47.4 Å². The molecule has 0 amide bonds. The number of para-hydroxylation sites is 1. The van der Waals surface area contributed by atoms with Crippen molar-refractivity contribution in [2.24, 2.45) is 0 Å². The summed E-state index contributed by atoms with van der Waals surface area (Å²) in [5.74, 6) is -0.186. The Hall–Kier alpha value is -2.05. The van der Waals surface area contributed by atoms with E-state index in [-0.39, 0.29) is 16.4 Å². The number of aromatic hydroxyl groups is 1. The lowest BCUT2D eigenvalue weighted by molar-refractivity contribution is 0.395. The molecule has 0 aliphatic heterocycles. The number of aryl methyl sites for hydroxylation is 1. The zero-order chi connectivity index (χ0) is 18.3. The second-order valence-electron chi connectivity index (χ2n) is 5.96. The number of hydrogen-bond donors (Lipinski definition) is 2. The van der Waals surface area contributed by atoms with E-state index in [1.165, 1.54) is 12.1 Å². The fourth-order valence-electron chi connectivity index (χ4n) is 2.70. The topological polar surface area (TPSA) is 83.8 Å². The van der Waals surface area contributed by atoms with Crippen molar-refractivity contribution >= 4 is 10.1 Å². The average Bonchev–Trinajstić information content (AvgIpc) is 2.57. The summed E-state index contributed by atoms with van der Waals surface area (Å²) < 4.78 is 39.1. The quantitative estimate of drug-likeness (QED) is 0.486. The number of phenolic OH excluding ortho intramolecular Hbond substituents is 1. The van der Waals surface area contributed by atoms with E-state index >= 15 is 0 Å². The van der Waals surface area contributed by atoms with Crippen molar-refractivity contribution in [2.45, 2.75) is 50.3 Å². The van der Waals surface area contributed by atoms with Gasteiger partial charge in [0.1, 0.15) is 10.6 Å². The Kier molecular flexibility index (Phi) is 6.84. The summed E-state index contributed by atoms with van der Waals surface area (Å²) in [6.45, 7) is 2.13. The number of unbranched alkanes of at least 4 members (excludes halogenated alkanes) is 4. The maximum Gasteiger partial charge on any atom is 0.298 e. The molecule has 6 heteroatoms. The van der Waals surface area contributed by atoms with E-state index in [0.717, 1.165) is 32.1 Å². The lowest BCUT2D eigenvalue weighted by Crippen LogP contribution is -2.06. The lowest BCUT2D eigenvalue weighted by Gasteiger charge is -2.15. The Labute approximate surface area is 149 Å². The van der Waals surface area contributed by atoms with Crippen molar-refractivity contribution in [2.75, 3.05) is 0 Å². The zero-order valence-electron chi connectivity index (χ0n) is 14.3. The van der Waals surface area contributed by atoms with Crippen LogP contribution in [-0.4, -0.2) is 18.1 Å². The van der Waals surface area contributed by atoms with E-state index in [1.54, 1.807) is 30.3 Å². The predicted octanol–water partition coefficient (Wildman–Crippen LogP) is 4.94. The van der Waals surface area contributed by atoms with Crippen molar-refractivity contribution in [3.63, 3.8) is 0 Å². The molecule has 0 unspecified atom stereocenters. The monoisotopic (exact) mass is 364 g/mol. The molecule has 0 aliphatic carbocycles. The maximum atomic E-state index is 11.9. The van der Waals surface area contributed by atoms with Crippen LogP contribution in [0.25, 0.3) is 0 Å². The first kappa shape index (κ1) is 19.3. The Balaban J connectivity index is 2.32. The number of ether oxygens (including phenoxy) is 1. The normalized spacial score (nSPS) is 11.4. The first-order valence-corrected chi connectivity index (χ1v) is 9.92. The molecule has 2 aromatic carbocycles. The molecule has 0 heterocycles. The molecular formula is C19H24O5S. The van der Waals surface area contributed by atoms with Crippen molar-refractivity contribution in [3.05, 3.63) is 48.0 Å². The summed E-state index contributed by atoms with van der Waals surface area (Å²) in [5, 5.41) is 10.1. The van der Waals surface area contributed by atoms with Crippen LogP contribution < -0.4 is 4.74 Å². The Morgan fingerprint density at radius 3 is 2.28 bits per heavy atom. The van der Waals surface area contributed by atoms with Gasteiger partial charge in [-0.3, -0.25) is 4.55 Å². The number of benzene rings is 2. The number of hydrogen-bond acceptors (Lipinski definition) is 4. The molecule has 2 N–H and O–H groups in total. The molecular weight excluding hydrogens is 340 g/mol. The van der Waals surface area contributed by atoms with Gasteiger partial charge in [-0.1, -0.05) is 56.9 Å². The third-order valence-corrected chi connectivity index (χ3v) is 4.91. The first-order chi connectivity index (χ1) is 11.9. The minimum atomic E-state index is -4.54. The van der Waals surface area contributed by atoms with Crippen molar-refractivity contribution in [1.82, 2.24) is 0 Å². The van der Waals surface area contributed by atoms with Gasteiger partial charge in [0.25, 0.3) is 10.1 Å². The van der Waals surface area contributed by atoms with E-state index < -0.39 is 10.1 Å². The highest BCUT2D eigenvalue weighted by atomic mass is 32.2. The molecule has 25 heavy (non-hydrogen) atoms. The number of phenols is 1. The van der Waals surface area contributed by atoms with Gasteiger partial charge in [0.15, 0.2) is 11.5 Å². The van der Waals surface area contributed by atoms with E-state index in [4.69, 9.17) is 4.74 Å². The van der Waals surface area contributed by atoms with Gasteiger partial charge in [-0.2, -0.15) is 8.42 Å². The van der Waals surface area contributed by atoms with Crippen molar-refractivity contribution in [1.29, 1.82) is 0 Å². The Bertz CT molecular complexity index is 785. The minimum Gasteiger partial charge on any atom is -0.504 e. The predicted molar refractivity (Wildman–Crippen MR) is 96.9 cm³/mol. The maximum absolute atomic E-state index is 11.9. The van der Waals surface area contributed by atoms with Crippen LogP contribution in [0.5, 0.6) is 17.2 Å². The van der Waals surface area contributed by atoms with Gasteiger partial charge in [0, 0.05) is 0 Å². The summed E-state index contributed by atoms with van der Waals surface area (Å²) in [5.41, 5.74) is 0.447. The van der Waals surface area contributed by atoms with Gasteiger partial charge >= 0.3 is 0 Å². The Morgan fingerprint density at radius 1 is 0.960 bits per heavy atom. The standard InChI is InChI=1S/C19H24O5S/c1-2-3-4-5-7-10-15-13-14-17(20)18(19(15)25(21,22)23)24-16-11-8-6-9-12-16/h6,8-9,11-14,20H,2-5,7,10H2,1H3,(H,21,22,23). The first-order valence-electron chi connectivity index (χ1n) is 8.48. The molecule has 136 valence electrons. The summed E-state index contributed by atoms with van der Waals surface area (Å²) >= 11 is 0. The molecule has 2 aromatic rings. The van der Waals surface area contributed by atoms with Gasteiger partial charge in [-0.05, 0) is 36.6 Å². The SMILES string of the molecule is CCCCCCCc1ccc(O)c(Oc2ccccc2)c1S(=O)(=O)O. The summed E-state index contributed by atoms with van der Waals surface area (Å²) in [6, 6.07) is 11.5. The minimum absolute atomic E-state index is 0.236. The highest BCUT2D eigenvalue weighted by Gasteiger charge is 2.25. The molecule has 0 radical (unpaired) electrons. The van der Waals surface area contributed by atoms with Gasteiger partial charge < -0.3 is 9.84 Å². The van der Waals surface area contributed by atoms with Crippen LogP contribution in [0.3, 0.4) is 0 Å². The molecule has 0 aliphatic rings. The fourth-order valence-corrected chi connectivity index (χ4v) is 3.58. The van der Waals surface area contributed by atoms with Crippen molar-refractivity contribution < 1.29 is 22.8 Å². The zero-order valence-corrected chi connectivity index (χ0v) is 15.1. The molecule has 0 saturated carbocycles. The van der Waals surface area contributed by atoms with Crippen LogP contribution >= 0.6 is 0 Å². The molecule has 0 bridgehead atoms. The van der Waals surface area contributed by atoms with E-state index in [2.05, 4.69) is 6.92 Å². The molecule has 0 spiro atoms. The molecule has 5 nitrogen and oxygen atoms in total. The van der Waals surface area contributed by atoms with Gasteiger partial charge in [-0.15, -0.1) is 0 Å². The second-order valence-corrected chi connectivity index (χ2v) is 7.31. The van der Waals surface area contributed by atoms with Crippen molar-refractivity contribution in [3.8, 4) is 17.2 Å². The molecule has 0 fully saturated rings. The summed E-state index contributed by atoms with van der Waals surface area (Å²) in [6.07, 6.45) is 5.63. The van der Waals surface area contributed by atoms with E-state index in [9.17, 15) is 18.1 Å². The third-order valence-electron chi connectivity index (χ3n) is 3.94. The average molecular weight is 364 g/mol. The van der Waals surface area contributed by atoms with Crippen LogP contribution in [0.2, 0.25) is 0 Å². The second kappa shape index (κ2) is 8.87. The van der Waals surface area contributed by atoms with E-state index in [0.29, 0.717) is 17.7 Å². The van der Waals surface area contributed by atoms with Gasteiger partial charge in [0.2, 0.25) is 0 Å². The molecule has 2 rings (SSSR count). The number of rotatable bonds is 9. The fraction of sp³-hybridized carbons (Fsp3) is 0.368. The van der Waals surface area contributed by atoms with E-state index in [1.807, 2.05) is 0 Å². The highest BCUT2D eigenvalue weighted by Crippen LogP contribution is 2.39.